The van der Waals surface area contributed by atoms with Crippen LogP contribution in [0, 0.1) is 242 Å². The molecule has 24 saturated carbocycles. The van der Waals surface area contributed by atoms with Gasteiger partial charge >= 0.3 is 0 Å². The van der Waals surface area contributed by atoms with Gasteiger partial charge in [0, 0.05) is 56.0 Å². The minimum atomic E-state index is -2.52. The van der Waals surface area contributed by atoms with E-state index in [1.165, 1.54) is 59.3 Å². The SMILES string of the molecule is CC(=O)[C@H]1CC[C@H]2[C@@H]3CC[C@H]4C[C@](C)(O)CC[C@]4(C)[C@H]3CC[C@]12C.[2H]C1([2H])C[C@H]2[C@@H]3CC[C@H]4C[C@](C)(O)CC[C@]4(C)[C@H]3CC[C@]2(C)[C@@]1([2H])C(C)=O.[2H]C1([2H])C[C@H]2[C@@H]3CC[C@H]4C[C@](C)(O)CC[C@]4(C)[C@H]3CC[C@]2(C)[C@@]1([2H])C(C)=O.[2H]C1([2H])C[C@H]2[C@@H]3CC[C@H]4C[C@](C)(O)CC[C@]4(C)[C@H]3CC[C@]2(C)[C@H]1C(C)=O.[2H]C1([2H])C[C@H]2[C@@H]3CC[C@H]4C[C@](C)(O)CC[C@]4(C)[C@H]3CC[C@]2(C)[C@H]1C(C)=O.[2H]C1([2H])[C@H]2[C@@H]3CC[C@H]4C[C@](C)(O)CC[C@]4(C)[C@H]3CC[C@]2(C)[C@@]([2H])(C(C)=O)C1([2H])[2H]. The van der Waals surface area contributed by atoms with Crippen LogP contribution < -0.4 is 0 Å². The summed E-state index contributed by atoms with van der Waals surface area (Å²) in [4.78, 5) is 74.6. The number of Topliss-reactive ketones (excluding diaryl/α,β-unsaturated/α-hetero) is 6. The molecule has 48 atom stereocenters. The first-order chi connectivity index (χ1) is 72.6. The molecule has 816 valence electrons. The van der Waals surface area contributed by atoms with Crippen LogP contribution in [0.4, 0.5) is 0 Å². The first-order valence-electron chi connectivity index (χ1n) is 68.0. The van der Waals surface area contributed by atoms with Crippen LogP contribution in [0.2, 0.25) is 0 Å². The highest BCUT2D eigenvalue weighted by molar-refractivity contribution is 5.82. The van der Waals surface area contributed by atoms with Gasteiger partial charge in [-0.3, -0.25) is 28.8 Å². The van der Waals surface area contributed by atoms with Crippen molar-refractivity contribution in [3.05, 3.63) is 0 Å². The van der Waals surface area contributed by atoms with E-state index in [1.54, 1.807) is 13.8 Å². The van der Waals surface area contributed by atoms with Crippen molar-refractivity contribution in [1.82, 2.24) is 0 Å². The molecule has 24 rings (SSSR count). The van der Waals surface area contributed by atoms with E-state index >= 15 is 0 Å². The number of ketones is 6. The minimum absolute atomic E-state index is 0.0127. The van der Waals surface area contributed by atoms with Crippen molar-refractivity contribution in [2.24, 2.45) is 242 Å². The first kappa shape index (κ1) is 92.0. The summed E-state index contributed by atoms with van der Waals surface area (Å²) < 4.78 is 131. The maximum absolute atomic E-state index is 12.6. The van der Waals surface area contributed by atoms with E-state index in [1.807, 2.05) is 69.2 Å². The summed E-state index contributed by atoms with van der Waals surface area (Å²) in [5, 5.41) is 63.6. The molecule has 0 heterocycles. The Morgan fingerprint density at radius 3 is 0.604 bits per heavy atom. The molecular formula is C132H216O12. The Morgan fingerprint density at radius 2 is 0.368 bits per heavy atom. The second-order valence-corrected chi connectivity index (χ2v) is 61.5. The van der Waals surface area contributed by atoms with Gasteiger partial charge in [-0.05, 0) is 637 Å². The number of carbonyl (C=O) groups excluding carboxylic acids is 6. The van der Waals surface area contributed by atoms with Crippen molar-refractivity contribution in [2.45, 2.75) is 546 Å². The summed E-state index contributed by atoms with van der Waals surface area (Å²) in [6, 6.07) is 0. The standard InChI is InChI=1S/6C22H36O2/c6*1-14(23)17-7-8-18-16-6-5-15-13-20(2,24)11-12-21(15,3)19(16)9-10-22(17,18)4/h6*15-19,24H,5-13H2,1-4H3/t6*15-,16-,17+,18-,19-,20+,21-,22+/m000000/s1/i7D2,8D2,17D;2*7D2,17D;2*7D2;. The van der Waals surface area contributed by atoms with Gasteiger partial charge < -0.3 is 30.6 Å². The number of rotatable bonds is 6. The molecule has 24 fully saturated rings. The molecule has 0 radical (unpaired) electrons. The number of carbonyl (C=O) groups is 6. The van der Waals surface area contributed by atoms with Crippen LogP contribution in [0.5, 0.6) is 0 Å². The molecule has 0 amide bonds. The van der Waals surface area contributed by atoms with Gasteiger partial charge in [0.05, 0.1) is 33.6 Å². The van der Waals surface area contributed by atoms with E-state index in [9.17, 15) is 59.4 Å². The summed E-state index contributed by atoms with van der Waals surface area (Å²) in [6.07, 6.45) is 35.2. The van der Waals surface area contributed by atoms with Gasteiger partial charge in [-0.25, -0.2) is 0 Å². The highest BCUT2D eigenvalue weighted by Gasteiger charge is 2.71. The number of hydrogen-bond acceptors (Lipinski definition) is 12. The lowest BCUT2D eigenvalue weighted by atomic mass is 9.44. The number of aliphatic hydroxyl groups is 6. The zero-order valence-electron chi connectivity index (χ0n) is 110. The molecule has 144 heavy (non-hydrogen) atoms. The Bertz CT molecular complexity index is 5300. The molecule has 0 saturated heterocycles. The fourth-order valence-corrected chi connectivity index (χ4v) is 45.0. The molecule has 0 aliphatic heterocycles. The quantitative estimate of drug-likeness (QED) is 0.146. The highest BCUT2D eigenvalue weighted by atomic mass is 16.3. The highest BCUT2D eigenvalue weighted by Crippen LogP contribution is 2.77. The largest absolute Gasteiger partial charge is 0.390 e. The van der Waals surface area contributed by atoms with Crippen LogP contribution in [0.3, 0.4) is 0 Å². The van der Waals surface area contributed by atoms with Crippen LogP contribution in [-0.4, -0.2) is 98.9 Å². The van der Waals surface area contributed by atoms with Crippen molar-refractivity contribution >= 4 is 34.7 Å². The van der Waals surface area contributed by atoms with Gasteiger partial charge in [0.15, 0.2) is 0 Å². The van der Waals surface area contributed by atoms with E-state index in [2.05, 4.69) is 62.3 Å². The molecule has 0 spiro atoms. The third-order valence-corrected chi connectivity index (χ3v) is 53.4. The molecular weight excluding hydrogens is 1780 g/mol. The zero-order chi connectivity index (χ0) is 117. The number of hydrogen-bond donors (Lipinski definition) is 6. The molecule has 24 aliphatic rings. The minimum Gasteiger partial charge on any atom is -0.390 e. The van der Waals surface area contributed by atoms with Crippen molar-refractivity contribution in [3.8, 4) is 0 Å². The van der Waals surface area contributed by atoms with Gasteiger partial charge in [0.25, 0.3) is 0 Å². The summed E-state index contributed by atoms with van der Waals surface area (Å²) in [6.45, 7) is 48.4. The average Bonchev–Trinajstić information content (AvgIpc) is 1.47. The van der Waals surface area contributed by atoms with E-state index in [0.717, 1.165) is 255 Å². The third kappa shape index (κ3) is 18.5. The topological polar surface area (TPSA) is 224 Å². The van der Waals surface area contributed by atoms with Crippen LogP contribution >= 0.6 is 0 Å². The average molecular weight is 2010 g/mol. The fourth-order valence-electron chi connectivity index (χ4n) is 45.0. The van der Waals surface area contributed by atoms with E-state index in [0.29, 0.717) is 144 Å². The fraction of sp³-hybridized carbons (Fsp3) is 0.955. The first-order valence-corrected chi connectivity index (χ1v) is 60.5. The summed E-state index contributed by atoms with van der Waals surface area (Å²) in [7, 11) is 0. The van der Waals surface area contributed by atoms with Crippen molar-refractivity contribution in [2.75, 3.05) is 0 Å². The maximum atomic E-state index is 12.6. The summed E-state index contributed by atoms with van der Waals surface area (Å²) in [5.41, 5.74) is -3.93. The lowest BCUT2D eigenvalue weighted by molar-refractivity contribution is -0.150. The zero-order valence-corrected chi connectivity index (χ0v) is 95.2. The van der Waals surface area contributed by atoms with Crippen LogP contribution in [0.15, 0.2) is 0 Å². The Morgan fingerprint density at radius 1 is 0.181 bits per heavy atom. The normalized spacial score (nSPS) is 62.1. The second-order valence-electron chi connectivity index (χ2n) is 61.5. The van der Waals surface area contributed by atoms with Crippen LogP contribution in [0.25, 0.3) is 0 Å². The molecule has 24 aliphatic carbocycles. The van der Waals surface area contributed by atoms with Crippen LogP contribution in [0.1, 0.15) is 533 Å². The second kappa shape index (κ2) is 38.4. The summed E-state index contributed by atoms with van der Waals surface area (Å²) >= 11 is 0. The molecule has 12 heteroatoms. The maximum Gasteiger partial charge on any atom is 0.133 e. The van der Waals surface area contributed by atoms with Crippen molar-refractivity contribution < 1.29 is 80.0 Å². The number of fused-ring (bicyclic) bond motifs is 30. The third-order valence-electron chi connectivity index (χ3n) is 53.4. The Hall–Kier alpha value is -2.22. The molecule has 0 aromatic carbocycles. The van der Waals surface area contributed by atoms with Gasteiger partial charge in [-0.1, -0.05) is 83.1 Å². The van der Waals surface area contributed by atoms with Gasteiger partial charge in [0.1, 0.15) is 34.7 Å². The van der Waals surface area contributed by atoms with Crippen LogP contribution in [-0.2, 0) is 28.8 Å². The van der Waals surface area contributed by atoms with Crippen molar-refractivity contribution in [3.63, 3.8) is 0 Å². The monoisotopic (exact) mass is 2010 g/mol. The molecule has 0 aromatic rings. The van der Waals surface area contributed by atoms with Gasteiger partial charge in [-0.15, -0.1) is 0 Å². The molecule has 0 unspecified atom stereocenters. The Kier molecular flexibility index (Phi) is 24.5. The molecule has 0 bridgehead atoms. The summed E-state index contributed by atoms with van der Waals surface area (Å²) in [5.74, 6) is 4.13. The molecule has 12 nitrogen and oxygen atoms in total. The smallest absolute Gasteiger partial charge is 0.133 e. The molecule has 6 N–H and O–H groups in total. The Labute approximate surface area is 898 Å². The predicted octanol–water partition coefficient (Wildman–Crippen LogP) is 29.9. The van der Waals surface area contributed by atoms with Crippen molar-refractivity contribution in [1.29, 1.82) is 0 Å². The van der Waals surface area contributed by atoms with E-state index < -0.39 is 129 Å². The van der Waals surface area contributed by atoms with Gasteiger partial charge in [-0.2, -0.15) is 0 Å². The lowest BCUT2D eigenvalue weighted by Crippen LogP contribution is -2.55. The van der Waals surface area contributed by atoms with E-state index in [4.69, 9.17) is 20.6 Å². The Balaban J connectivity index is 0.000000118. The van der Waals surface area contributed by atoms with Gasteiger partial charge in [0.2, 0.25) is 0 Å². The van der Waals surface area contributed by atoms with E-state index in [-0.39, 0.29) is 90.1 Å². The predicted molar refractivity (Wildman–Crippen MR) is 579 cm³/mol. The lowest BCUT2D eigenvalue weighted by Gasteiger charge is -2.61. The molecule has 0 aromatic heterocycles.